The van der Waals surface area contributed by atoms with E-state index in [0.29, 0.717) is 19.3 Å². The SMILES string of the molecule is Cc1cccc(CC(=O)C2(O)CCCCC2)c1. The summed E-state index contributed by atoms with van der Waals surface area (Å²) in [5.74, 6) is -0.0113. The summed E-state index contributed by atoms with van der Waals surface area (Å²) in [5, 5.41) is 10.3. The Bertz CT molecular complexity index is 403. The molecular formula is C15H20O2. The van der Waals surface area contributed by atoms with Crippen LogP contribution in [0.5, 0.6) is 0 Å². The molecular weight excluding hydrogens is 212 g/mol. The first-order chi connectivity index (χ1) is 8.10. The van der Waals surface area contributed by atoms with Gasteiger partial charge in [-0.05, 0) is 25.3 Å². The summed E-state index contributed by atoms with van der Waals surface area (Å²) in [6.07, 6.45) is 4.71. The molecule has 92 valence electrons. The van der Waals surface area contributed by atoms with Crippen LogP contribution in [0.2, 0.25) is 0 Å². The third-order valence-electron chi connectivity index (χ3n) is 3.65. The van der Waals surface area contributed by atoms with Crippen molar-refractivity contribution in [3.63, 3.8) is 0 Å². The van der Waals surface area contributed by atoms with Crippen LogP contribution >= 0.6 is 0 Å². The number of Topliss-reactive ketones (excluding diaryl/α,β-unsaturated/α-hetero) is 1. The Morgan fingerprint density at radius 3 is 2.65 bits per heavy atom. The number of aryl methyl sites for hydroxylation is 1. The number of rotatable bonds is 3. The number of hydrogen-bond acceptors (Lipinski definition) is 2. The molecule has 1 aromatic carbocycles. The zero-order valence-corrected chi connectivity index (χ0v) is 10.4. The van der Waals surface area contributed by atoms with E-state index in [1.165, 1.54) is 0 Å². The van der Waals surface area contributed by atoms with Crippen LogP contribution in [0.4, 0.5) is 0 Å². The summed E-state index contributed by atoms with van der Waals surface area (Å²) in [4.78, 5) is 12.2. The van der Waals surface area contributed by atoms with Crippen molar-refractivity contribution in [2.24, 2.45) is 0 Å². The van der Waals surface area contributed by atoms with E-state index >= 15 is 0 Å². The van der Waals surface area contributed by atoms with Crippen molar-refractivity contribution < 1.29 is 9.90 Å². The van der Waals surface area contributed by atoms with Crippen LogP contribution in [-0.4, -0.2) is 16.5 Å². The second-order valence-electron chi connectivity index (χ2n) is 5.18. The summed E-state index contributed by atoms with van der Waals surface area (Å²) >= 11 is 0. The third kappa shape index (κ3) is 2.95. The molecule has 0 amide bonds. The zero-order chi connectivity index (χ0) is 12.3. The summed E-state index contributed by atoms with van der Waals surface area (Å²) in [6.45, 7) is 2.02. The van der Waals surface area contributed by atoms with E-state index in [-0.39, 0.29) is 5.78 Å². The van der Waals surface area contributed by atoms with Crippen LogP contribution in [0.3, 0.4) is 0 Å². The molecule has 1 N–H and O–H groups in total. The smallest absolute Gasteiger partial charge is 0.168 e. The molecule has 1 fully saturated rings. The van der Waals surface area contributed by atoms with Crippen molar-refractivity contribution in [2.75, 3.05) is 0 Å². The standard InChI is InChI=1S/C15H20O2/c1-12-6-5-7-13(10-12)11-14(16)15(17)8-3-2-4-9-15/h5-7,10,17H,2-4,8-9,11H2,1H3. The number of carbonyl (C=O) groups is 1. The van der Waals surface area contributed by atoms with E-state index in [1.54, 1.807) is 0 Å². The lowest BCUT2D eigenvalue weighted by atomic mass is 9.80. The fourth-order valence-electron chi connectivity index (χ4n) is 2.59. The van der Waals surface area contributed by atoms with Gasteiger partial charge in [-0.3, -0.25) is 4.79 Å². The van der Waals surface area contributed by atoms with Gasteiger partial charge in [0.25, 0.3) is 0 Å². The first-order valence-corrected chi connectivity index (χ1v) is 6.41. The van der Waals surface area contributed by atoms with Crippen LogP contribution in [0.1, 0.15) is 43.2 Å². The Morgan fingerprint density at radius 2 is 2.00 bits per heavy atom. The van der Waals surface area contributed by atoms with Gasteiger partial charge in [-0.1, -0.05) is 49.1 Å². The van der Waals surface area contributed by atoms with Gasteiger partial charge in [0.05, 0.1) is 0 Å². The van der Waals surface area contributed by atoms with Gasteiger partial charge in [-0.25, -0.2) is 0 Å². The Labute approximate surface area is 103 Å². The van der Waals surface area contributed by atoms with Gasteiger partial charge in [0.1, 0.15) is 5.60 Å². The monoisotopic (exact) mass is 232 g/mol. The molecule has 0 spiro atoms. The predicted molar refractivity (Wildman–Crippen MR) is 67.9 cm³/mol. The number of benzene rings is 1. The minimum atomic E-state index is -1.05. The molecule has 17 heavy (non-hydrogen) atoms. The van der Waals surface area contributed by atoms with Crippen molar-refractivity contribution in [1.82, 2.24) is 0 Å². The molecule has 2 heteroatoms. The average molecular weight is 232 g/mol. The number of carbonyl (C=O) groups excluding carboxylic acids is 1. The highest BCUT2D eigenvalue weighted by molar-refractivity contribution is 5.89. The number of hydrogen-bond donors (Lipinski definition) is 1. The number of ketones is 1. The van der Waals surface area contributed by atoms with Gasteiger partial charge in [0, 0.05) is 6.42 Å². The van der Waals surface area contributed by atoms with Gasteiger partial charge in [-0.2, -0.15) is 0 Å². The maximum absolute atomic E-state index is 12.2. The Balaban J connectivity index is 2.05. The quantitative estimate of drug-likeness (QED) is 0.870. The van der Waals surface area contributed by atoms with Crippen molar-refractivity contribution >= 4 is 5.78 Å². The van der Waals surface area contributed by atoms with Gasteiger partial charge in [0.2, 0.25) is 0 Å². The summed E-state index contributed by atoms with van der Waals surface area (Å²) in [7, 11) is 0. The average Bonchev–Trinajstić information content (AvgIpc) is 2.30. The minimum Gasteiger partial charge on any atom is -0.382 e. The first kappa shape index (κ1) is 12.3. The molecule has 0 aliphatic heterocycles. The maximum Gasteiger partial charge on any atom is 0.168 e. The molecule has 0 aromatic heterocycles. The lowest BCUT2D eigenvalue weighted by Gasteiger charge is -2.30. The second-order valence-corrected chi connectivity index (χ2v) is 5.18. The molecule has 0 bridgehead atoms. The van der Waals surface area contributed by atoms with Crippen molar-refractivity contribution in [1.29, 1.82) is 0 Å². The Morgan fingerprint density at radius 1 is 1.29 bits per heavy atom. The summed E-state index contributed by atoms with van der Waals surface area (Å²) < 4.78 is 0. The van der Waals surface area contributed by atoms with Gasteiger partial charge < -0.3 is 5.11 Å². The molecule has 0 heterocycles. The predicted octanol–water partition coefficient (Wildman–Crippen LogP) is 2.80. The molecule has 2 nitrogen and oxygen atoms in total. The Kier molecular flexibility index (Phi) is 3.63. The van der Waals surface area contributed by atoms with Gasteiger partial charge >= 0.3 is 0 Å². The first-order valence-electron chi connectivity index (χ1n) is 6.41. The Hall–Kier alpha value is -1.15. The molecule has 2 rings (SSSR count). The number of aliphatic hydroxyl groups is 1. The third-order valence-corrected chi connectivity index (χ3v) is 3.65. The normalized spacial score (nSPS) is 18.9. The van der Waals surface area contributed by atoms with Crippen LogP contribution in [0.25, 0.3) is 0 Å². The lowest BCUT2D eigenvalue weighted by molar-refractivity contribution is -0.139. The van der Waals surface area contributed by atoms with Crippen LogP contribution in [-0.2, 0) is 11.2 Å². The van der Waals surface area contributed by atoms with E-state index in [1.807, 2.05) is 31.2 Å². The summed E-state index contributed by atoms with van der Waals surface area (Å²) in [6, 6.07) is 7.95. The molecule has 1 aromatic rings. The lowest BCUT2D eigenvalue weighted by Crippen LogP contribution is -2.41. The van der Waals surface area contributed by atoms with Crippen molar-refractivity contribution in [3.8, 4) is 0 Å². The van der Waals surface area contributed by atoms with Gasteiger partial charge in [-0.15, -0.1) is 0 Å². The van der Waals surface area contributed by atoms with E-state index < -0.39 is 5.60 Å². The van der Waals surface area contributed by atoms with Crippen LogP contribution in [0, 0.1) is 6.92 Å². The minimum absolute atomic E-state index is 0.0113. The van der Waals surface area contributed by atoms with Crippen LogP contribution in [0.15, 0.2) is 24.3 Å². The largest absolute Gasteiger partial charge is 0.382 e. The molecule has 0 saturated heterocycles. The molecule has 0 radical (unpaired) electrons. The molecule has 1 saturated carbocycles. The molecule has 1 aliphatic rings. The van der Waals surface area contributed by atoms with Gasteiger partial charge in [0.15, 0.2) is 5.78 Å². The highest BCUT2D eigenvalue weighted by Crippen LogP contribution is 2.29. The maximum atomic E-state index is 12.2. The van der Waals surface area contributed by atoms with E-state index in [2.05, 4.69) is 0 Å². The molecule has 0 atom stereocenters. The van der Waals surface area contributed by atoms with Crippen molar-refractivity contribution in [3.05, 3.63) is 35.4 Å². The van der Waals surface area contributed by atoms with Crippen LogP contribution < -0.4 is 0 Å². The molecule has 0 unspecified atom stereocenters. The topological polar surface area (TPSA) is 37.3 Å². The van der Waals surface area contributed by atoms with Crippen molar-refractivity contribution in [2.45, 2.75) is 51.0 Å². The molecule has 1 aliphatic carbocycles. The van der Waals surface area contributed by atoms with E-state index in [4.69, 9.17) is 0 Å². The van der Waals surface area contributed by atoms with E-state index in [9.17, 15) is 9.90 Å². The summed E-state index contributed by atoms with van der Waals surface area (Å²) in [5.41, 5.74) is 1.11. The van der Waals surface area contributed by atoms with E-state index in [0.717, 1.165) is 30.4 Å². The highest BCUT2D eigenvalue weighted by atomic mass is 16.3. The fraction of sp³-hybridized carbons (Fsp3) is 0.533. The second kappa shape index (κ2) is 5.01. The fourth-order valence-corrected chi connectivity index (χ4v) is 2.59. The highest BCUT2D eigenvalue weighted by Gasteiger charge is 2.36. The zero-order valence-electron chi connectivity index (χ0n) is 10.4.